The Morgan fingerprint density at radius 2 is 1.94 bits per heavy atom. The molecule has 31 heavy (non-hydrogen) atoms. The number of para-hydroxylation sites is 1. The van der Waals surface area contributed by atoms with Crippen molar-refractivity contribution in [3.05, 3.63) is 70.3 Å². The summed E-state index contributed by atoms with van der Waals surface area (Å²) in [5, 5.41) is 9.43. The molecule has 0 aliphatic rings. The van der Waals surface area contributed by atoms with Gasteiger partial charge in [0.15, 0.2) is 5.16 Å². The third-order valence-corrected chi connectivity index (χ3v) is 6.01. The number of thioether (sulfide) groups is 1. The second-order valence-electron chi connectivity index (χ2n) is 7.47. The summed E-state index contributed by atoms with van der Waals surface area (Å²) in [5.41, 5.74) is 2.58. The SMILES string of the molecule is COC[C@H](C)n1c(S[C@@H](C)c2nnc(-c3cccc(C)c3)o2)nc2ccccc2c1=O. The maximum atomic E-state index is 13.2. The number of fused-ring (bicyclic) bond motifs is 1. The highest BCUT2D eigenvalue weighted by Gasteiger charge is 2.22. The maximum Gasteiger partial charge on any atom is 0.262 e. The number of hydrogen-bond acceptors (Lipinski definition) is 7. The minimum atomic E-state index is -0.194. The van der Waals surface area contributed by atoms with Crippen LogP contribution in [0.5, 0.6) is 0 Å². The summed E-state index contributed by atoms with van der Waals surface area (Å²) in [6, 6.07) is 15.1. The smallest absolute Gasteiger partial charge is 0.262 e. The van der Waals surface area contributed by atoms with Crippen molar-refractivity contribution in [2.24, 2.45) is 0 Å². The van der Waals surface area contributed by atoms with Gasteiger partial charge in [-0.1, -0.05) is 41.6 Å². The van der Waals surface area contributed by atoms with E-state index in [0.717, 1.165) is 11.1 Å². The molecule has 2 aromatic heterocycles. The first kappa shape index (κ1) is 21.3. The maximum absolute atomic E-state index is 13.2. The number of methoxy groups -OCH3 is 1. The lowest BCUT2D eigenvalue weighted by molar-refractivity contribution is 0.156. The van der Waals surface area contributed by atoms with E-state index in [0.29, 0.717) is 34.4 Å². The van der Waals surface area contributed by atoms with Crippen LogP contribution < -0.4 is 5.56 Å². The van der Waals surface area contributed by atoms with Gasteiger partial charge in [-0.25, -0.2) is 4.98 Å². The topological polar surface area (TPSA) is 83.0 Å². The van der Waals surface area contributed by atoms with Crippen molar-refractivity contribution in [2.75, 3.05) is 13.7 Å². The minimum absolute atomic E-state index is 0.0872. The van der Waals surface area contributed by atoms with Gasteiger partial charge in [0.25, 0.3) is 5.56 Å². The predicted octanol–water partition coefficient (Wildman–Crippen LogP) is 4.82. The summed E-state index contributed by atoms with van der Waals surface area (Å²) in [7, 11) is 1.62. The van der Waals surface area contributed by atoms with Gasteiger partial charge in [0.2, 0.25) is 11.8 Å². The number of benzene rings is 2. The fraction of sp³-hybridized carbons (Fsp3) is 0.304. The van der Waals surface area contributed by atoms with Crippen LogP contribution in [-0.4, -0.2) is 33.5 Å². The molecule has 0 spiro atoms. The Balaban J connectivity index is 1.69. The standard InChI is InChI=1S/C23H24N4O3S/c1-14-8-7-9-17(12-14)21-26-25-20(30-21)16(3)31-23-24-19-11-6-5-10-18(19)22(28)27(23)15(2)13-29-4/h5-12,15-16H,13H2,1-4H3/t15-,16-/m0/s1. The predicted molar refractivity (Wildman–Crippen MR) is 121 cm³/mol. The molecule has 0 aliphatic carbocycles. The molecule has 0 saturated carbocycles. The third kappa shape index (κ3) is 4.40. The molecular formula is C23H24N4O3S. The van der Waals surface area contributed by atoms with E-state index in [2.05, 4.69) is 10.2 Å². The quantitative estimate of drug-likeness (QED) is 0.303. The van der Waals surface area contributed by atoms with Crippen LogP contribution in [0.4, 0.5) is 0 Å². The van der Waals surface area contributed by atoms with Gasteiger partial charge >= 0.3 is 0 Å². The lowest BCUT2D eigenvalue weighted by atomic mass is 10.1. The Hall–Kier alpha value is -2.97. The highest BCUT2D eigenvalue weighted by atomic mass is 32.2. The Bertz CT molecular complexity index is 1270. The van der Waals surface area contributed by atoms with Gasteiger partial charge in [0.05, 0.1) is 28.8 Å². The number of aryl methyl sites for hydroxylation is 1. The molecule has 0 saturated heterocycles. The first-order valence-corrected chi connectivity index (χ1v) is 10.9. The monoisotopic (exact) mass is 436 g/mol. The van der Waals surface area contributed by atoms with E-state index in [4.69, 9.17) is 14.1 Å². The van der Waals surface area contributed by atoms with E-state index in [1.807, 2.05) is 63.2 Å². The van der Waals surface area contributed by atoms with E-state index in [-0.39, 0.29) is 16.9 Å². The Morgan fingerprint density at radius 1 is 1.13 bits per heavy atom. The average Bonchev–Trinajstić information content (AvgIpc) is 3.25. The van der Waals surface area contributed by atoms with Crippen LogP contribution in [0.3, 0.4) is 0 Å². The van der Waals surface area contributed by atoms with E-state index in [9.17, 15) is 4.79 Å². The molecule has 2 heterocycles. The summed E-state index contributed by atoms with van der Waals surface area (Å²) < 4.78 is 12.9. The van der Waals surface area contributed by atoms with E-state index in [1.165, 1.54) is 11.8 Å². The lowest BCUT2D eigenvalue weighted by Crippen LogP contribution is -2.28. The average molecular weight is 437 g/mol. The Kier molecular flexibility index (Phi) is 6.20. The lowest BCUT2D eigenvalue weighted by Gasteiger charge is -2.19. The molecule has 0 amide bonds. The molecule has 7 nitrogen and oxygen atoms in total. The number of hydrogen-bond donors (Lipinski definition) is 0. The highest BCUT2D eigenvalue weighted by molar-refractivity contribution is 7.99. The van der Waals surface area contributed by atoms with Crippen LogP contribution in [0.2, 0.25) is 0 Å². The fourth-order valence-corrected chi connectivity index (χ4v) is 4.45. The Morgan fingerprint density at radius 3 is 2.71 bits per heavy atom. The summed E-state index contributed by atoms with van der Waals surface area (Å²) in [4.78, 5) is 18.0. The van der Waals surface area contributed by atoms with Gasteiger partial charge in [-0.3, -0.25) is 9.36 Å². The van der Waals surface area contributed by atoms with Gasteiger partial charge in [-0.2, -0.15) is 0 Å². The van der Waals surface area contributed by atoms with Crippen molar-refractivity contribution in [1.82, 2.24) is 19.7 Å². The molecule has 0 aliphatic heterocycles. The molecule has 160 valence electrons. The third-order valence-electron chi connectivity index (χ3n) is 4.96. The van der Waals surface area contributed by atoms with Crippen molar-refractivity contribution in [3.8, 4) is 11.5 Å². The van der Waals surface area contributed by atoms with Crippen molar-refractivity contribution in [2.45, 2.75) is 37.2 Å². The van der Waals surface area contributed by atoms with E-state index >= 15 is 0 Å². The first-order valence-electron chi connectivity index (χ1n) is 10.0. The molecule has 2 aromatic carbocycles. The summed E-state index contributed by atoms with van der Waals surface area (Å²) in [5.74, 6) is 0.956. The van der Waals surface area contributed by atoms with Crippen molar-refractivity contribution in [1.29, 1.82) is 0 Å². The number of rotatable bonds is 7. The summed E-state index contributed by atoms with van der Waals surface area (Å²) in [6.45, 7) is 6.33. The van der Waals surface area contributed by atoms with Crippen LogP contribution in [0, 0.1) is 6.92 Å². The van der Waals surface area contributed by atoms with Gasteiger partial charge in [0, 0.05) is 12.7 Å². The molecule has 0 fully saturated rings. The molecule has 2 atom stereocenters. The zero-order valence-corrected chi connectivity index (χ0v) is 18.7. The number of ether oxygens (including phenoxy) is 1. The van der Waals surface area contributed by atoms with Gasteiger partial charge in [-0.05, 0) is 45.0 Å². The summed E-state index contributed by atoms with van der Waals surface area (Å²) in [6.07, 6.45) is 0. The van der Waals surface area contributed by atoms with E-state index in [1.54, 1.807) is 17.7 Å². The Labute approximate surface area is 184 Å². The second-order valence-corrected chi connectivity index (χ2v) is 8.77. The number of nitrogens with zero attached hydrogens (tertiary/aromatic N) is 4. The van der Waals surface area contributed by atoms with Crippen molar-refractivity contribution >= 4 is 22.7 Å². The highest BCUT2D eigenvalue weighted by Crippen LogP contribution is 2.35. The molecule has 8 heteroatoms. The van der Waals surface area contributed by atoms with Crippen LogP contribution in [0.25, 0.3) is 22.4 Å². The minimum Gasteiger partial charge on any atom is -0.419 e. The van der Waals surface area contributed by atoms with Crippen LogP contribution in [0.15, 0.2) is 62.9 Å². The van der Waals surface area contributed by atoms with Gasteiger partial charge in [-0.15, -0.1) is 10.2 Å². The molecule has 0 N–H and O–H groups in total. The first-order chi connectivity index (χ1) is 15.0. The molecular weight excluding hydrogens is 412 g/mol. The fourth-order valence-electron chi connectivity index (χ4n) is 3.42. The zero-order valence-electron chi connectivity index (χ0n) is 17.9. The van der Waals surface area contributed by atoms with Crippen molar-refractivity contribution in [3.63, 3.8) is 0 Å². The van der Waals surface area contributed by atoms with E-state index < -0.39 is 0 Å². The molecule has 0 unspecified atom stereocenters. The largest absolute Gasteiger partial charge is 0.419 e. The molecule has 0 radical (unpaired) electrons. The zero-order chi connectivity index (χ0) is 22.0. The van der Waals surface area contributed by atoms with Crippen molar-refractivity contribution < 1.29 is 9.15 Å². The normalized spacial score (nSPS) is 13.4. The molecule has 4 aromatic rings. The summed E-state index contributed by atoms with van der Waals surface area (Å²) >= 11 is 1.42. The number of aromatic nitrogens is 4. The molecule has 0 bridgehead atoms. The van der Waals surface area contributed by atoms with Crippen LogP contribution in [0.1, 0.15) is 36.6 Å². The second kappa shape index (κ2) is 9.03. The van der Waals surface area contributed by atoms with Crippen LogP contribution >= 0.6 is 11.8 Å². The molecule has 4 rings (SSSR count). The van der Waals surface area contributed by atoms with Crippen LogP contribution in [-0.2, 0) is 4.74 Å². The van der Waals surface area contributed by atoms with Gasteiger partial charge < -0.3 is 9.15 Å². The van der Waals surface area contributed by atoms with Gasteiger partial charge in [0.1, 0.15) is 0 Å².